The van der Waals surface area contributed by atoms with Crippen LogP contribution in [0.25, 0.3) is 11.1 Å². The fourth-order valence-electron chi connectivity index (χ4n) is 3.05. The molecule has 0 aromatic heterocycles. The average molecular weight is 318 g/mol. The van der Waals surface area contributed by atoms with Crippen molar-refractivity contribution in [2.75, 3.05) is 14.2 Å². The zero-order valence-electron chi connectivity index (χ0n) is 14.2. The Morgan fingerprint density at radius 3 is 2.04 bits per heavy atom. The standard InChI is InChI=1S/C22H22O2/c1-23-21-14-7-6-11-18(21)15-16-19-12-8-13-20(22(19)24-2)17-9-4-3-5-10-17/h3-14H,15-16H2,1-2H3. The van der Waals surface area contributed by atoms with E-state index in [-0.39, 0.29) is 0 Å². The van der Waals surface area contributed by atoms with Gasteiger partial charge in [0, 0.05) is 5.56 Å². The molecule has 0 atom stereocenters. The highest BCUT2D eigenvalue weighted by atomic mass is 16.5. The van der Waals surface area contributed by atoms with Crippen LogP contribution in [0.2, 0.25) is 0 Å². The maximum absolute atomic E-state index is 5.74. The summed E-state index contributed by atoms with van der Waals surface area (Å²) in [4.78, 5) is 0. The quantitative estimate of drug-likeness (QED) is 0.625. The van der Waals surface area contributed by atoms with Gasteiger partial charge in [-0.25, -0.2) is 0 Å². The molecule has 2 heteroatoms. The van der Waals surface area contributed by atoms with Crippen LogP contribution >= 0.6 is 0 Å². The van der Waals surface area contributed by atoms with Crippen LogP contribution in [-0.4, -0.2) is 14.2 Å². The minimum atomic E-state index is 0.907. The van der Waals surface area contributed by atoms with Gasteiger partial charge >= 0.3 is 0 Å². The summed E-state index contributed by atoms with van der Waals surface area (Å²) in [5.74, 6) is 1.90. The molecule has 122 valence electrons. The molecule has 0 aliphatic carbocycles. The van der Waals surface area contributed by atoms with Crippen LogP contribution < -0.4 is 9.47 Å². The van der Waals surface area contributed by atoms with Crippen molar-refractivity contribution in [3.63, 3.8) is 0 Å². The fourth-order valence-corrected chi connectivity index (χ4v) is 3.05. The smallest absolute Gasteiger partial charge is 0.129 e. The number of methoxy groups -OCH3 is 2. The van der Waals surface area contributed by atoms with Crippen LogP contribution in [-0.2, 0) is 12.8 Å². The topological polar surface area (TPSA) is 18.5 Å². The van der Waals surface area contributed by atoms with Crippen molar-refractivity contribution in [3.05, 3.63) is 83.9 Å². The molecule has 0 bridgehead atoms. The van der Waals surface area contributed by atoms with Gasteiger partial charge in [-0.15, -0.1) is 0 Å². The van der Waals surface area contributed by atoms with Crippen LogP contribution in [0, 0.1) is 0 Å². The zero-order chi connectivity index (χ0) is 16.8. The Bertz CT molecular complexity index is 794. The Kier molecular flexibility index (Phi) is 5.17. The van der Waals surface area contributed by atoms with Crippen LogP contribution in [0.5, 0.6) is 11.5 Å². The second kappa shape index (κ2) is 7.69. The van der Waals surface area contributed by atoms with E-state index in [1.165, 1.54) is 16.7 Å². The predicted octanol–water partition coefficient (Wildman–Crippen LogP) is 5.16. The van der Waals surface area contributed by atoms with Gasteiger partial charge in [-0.2, -0.15) is 0 Å². The lowest BCUT2D eigenvalue weighted by atomic mass is 9.97. The summed E-state index contributed by atoms with van der Waals surface area (Å²) in [7, 11) is 3.46. The highest BCUT2D eigenvalue weighted by Gasteiger charge is 2.11. The van der Waals surface area contributed by atoms with Crippen LogP contribution in [0.3, 0.4) is 0 Å². The lowest BCUT2D eigenvalue weighted by molar-refractivity contribution is 0.406. The first kappa shape index (κ1) is 16.1. The number of rotatable bonds is 6. The Morgan fingerprint density at radius 2 is 1.29 bits per heavy atom. The minimum absolute atomic E-state index is 0.907. The summed E-state index contributed by atoms with van der Waals surface area (Å²) >= 11 is 0. The first-order valence-corrected chi connectivity index (χ1v) is 8.16. The lowest BCUT2D eigenvalue weighted by Gasteiger charge is -2.14. The fraction of sp³-hybridized carbons (Fsp3) is 0.182. The molecule has 0 N–H and O–H groups in total. The Morgan fingerprint density at radius 1 is 0.625 bits per heavy atom. The van der Waals surface area contributed by atoms with Crippen molar-refractivity contribution in [1.82, 2.24) is 0 Å². The van der Waals surface area contributed by atoms with E-state index < -0.39 is 0 Å². The van der Waals surface area contributed by atoms with E-state index >= 15 is 0 Å². The summed E-state index contributed by atoms with van der Waals surface area (Å²) in [6.07, 6.45) is 1.82. The van der Waals surface area contributed by atoms with E-state index in [0.717, 1.165) is 29.9 Å². The molecule has 0 spiro atoms. The molecule has 0 radical (unpaired) electrons. The summed E-state index contributed by atoms with van der Waals surface area (Å²) in [6, 6.07) is 24.9. The van der Waals surface area contributed by atoms with Crippen LogP contribution in [0.4, 0.5) is 0 Å². The molecule has 0 aliphatic rings. The Hall–Kier alpha value is -2.74. The summed E-state index contributed by atoms with van der Waals surface area (Å²) < 4.78 is 11.2. The van der Waals surface area contributed by atoms with Crippen molar-refractivity contribution < 1.29 is 9.47 Å². The second-order valence-corrected chi connectivity index (χ2v) is 5.68. The highest BCUT2D eigenvalue weighted by Crippen LogP contribution is 2.34. The molecule has 0 saturated heterocycles. The van der Waals surface area contributed by atoms with Gasteiger partial charge in [0.2, 0.25) is 0 Å². The van der Waals surface area contributed by atoms with Crippen molar-refractivity contribution in [2.24, 2.45) is 0 Å². The van der Waals surface area contributed by atoms with E-state index in [1.807, 2.05) is 18.2 Å². The van der Waals surface area contributed by atoms with E-state index in [0.29, 0.717) is 0 Å². The zero-order valence-corrected chi connectivity index (χ0v) is 14.2. The van der Waals surface area contributed by atoms with E-state index in [2.05, 4.69) is 54.6 Å². The Balaban J connectivity index is 1.89. The predicted molar refractivity (Wildman–Crippen MR) is 98.8 cm³/mol. The third-order valence-electron chi connectivity index (χ3n) is 4.24. The number of ether oxygens (including phenoxy) is 2. The first-order valence-electron chi connectivity index (χ1n) is 8.16. The lowest BCUT2D eigenvalue weighted by Crippen LogP contribution is -1.99. The maximum Gasteiger partial charge on any atom is 0.129 e. The molecule has 3 aromatic rings. The van der Waals surface area contributed by atoms with E-state index in [9.17, 15) is 0 Å². The maximum atomic E-state index is 5.74. The number of aryl methyl sites for hydroxylation is 2. The van der Waals surface area contributed by atoms with E-state index in [4.69, 9.17) is 9.47 Å². The van der Waals surface area contributed by atoms with Crippen molar-refractivity contribution in [1.29, 1.82) is 0 Å². The SMILES string of the molecule is COc1ccccc1CCc1cccc(-c2ccccc2)c1OC. The molecule has 3 rings (SSSR count). The molecule has 2 nitrogen and oxygen atoms in total. The Labute approximate surface area is 143 Å². The van der Waals surface area contributed by atoms with E-state index in [1.54, 1.807) is 14.2 Å². The number of benzene rings is 3. The summed E-state index contributed by atoms with van der Waals surface area (Å²) in [5, 5.41) is 0. The summed E-state index contributed by atoms with van der Waals surface area (Å²) in [5.41, 5.74) is 4.74. The molecule has 0 amide bonds. The van der Waals surface area contributed by atoms with Gasteiger partial charge in [-0.3, -0.25) is 0 Å². The van der Waals surface area contributed by atoms with Crippen molar-refractivity contribution >= 4 is 0 Å². The molecule has 3 aromatic carbocycles. The van der Waals surface area contributed by atoms with Gasteiger partial charge < -0.3 is 9.47 Å². The third-order valence-corrected chi connectivity index (χ3v) is 4.24. The van der Waals surface area contributed by atoms with Crippen molar-refractivity contribution in [2.45, 2.75) is 12.8 Å². The van der Waals surface area contributed by atoms with Crippen LogP contribution in [0.15, 0.2) is 72.8 Å². The largest absolute Gasteiger partial charge is 0.496 e. The number of hydrogen-bond acceptors (Lipinski definition) is 2. The van der Waals surface area contributed by atoms with Gasteiger partial charge in [0.25, 0.3) is 0 Å². The van der Waals surface area contributed by atoms with Gasteiger partial charge in [0.15, 0.2) is 0 Å². The van der Waals surface area contributed by atoms with Crippen molar-refractivity contribution in [3.8, 4) is 22.6 Å². The molecule has 0 saturated carbocycles. The van der Waals surface area contributed by atoms with Gasteiger partial charge in [0.05, 0.1) is 14.2 Å². The molecule has 0 aliphatic heterocycles. The molecule has 0 fully saturated rings. The molecular formula is C22H22O2. The first-order chi connectivity index (χ1) is 11.8. The minimum Gasteiger partial charge on any atom is -0.496 e. The molecule has 0 heterocycles. The molecular weight excluding hydrogens is 296 g/mol. The summed E-state index contributed by atoms with van der Waals surface area (Å²) in [6.45, 7) is 0. The number of hydrogen-bond donors (Lipinski definition) is 0. The average Bonchev–Trinajstić information content (AvgIpc) is 2.66. The third kappa shape index (κ3) is 3.43. The molecule has 24 heavy (non-hydrogen) atoms. The van der Waals surface area contributed by atoms with Gasteiger partial charge in [-0.05, 0) is 35.6 Å². The second-order valence-electron chi connectivity index (χ2n) is 5.68. The highest BCUT2D eigenvalue weighted by molar-refractivity contribution is 5.72. The normalized spacial score (nSPS) is 10.4. The monoisotopic (exact) mass is 318 g/mol. The van der Waals surface area contributed by atoms with Crippen LogP contribution in [0.1, 0.15) is 11.1 Å². The molecule has 0 unspecified atom stereocenters. The number of para-hydroxylation sites is 2. The van der Waals surface area contributed by atoms with Gasteiger partial charge in [0.1, 0.15) is 11.5 Å². The van der Waals surface area contributed by atoms with Gasteiger partial charge in [-0.1, -0.05) is 66.7 Å².